The smallest absolute Gasteiger partial charge is 0.316 e. The van der Waals surface area contributed by atoms with Gasteiger partial charge in [0, 0.05) is 31.7 Å². The van der Waals surface area contributed by atoms with E-state index in [1.54, 1.807) is 41.9 Å². The first-order chi connectivity index (χ1) is 13.0. The topological polar surface area (TPSA) is 85.3 Å². The molecule has 3 heterocycles. The molecule has 0 aliphatic carbocycles. The van der Waals surface area contributed by atoms with Gasteiger partial charge in [0.05, 0.1) is 16.2 Å². The van der Waals surface area contributed by atoms with Crippen LogP contribution in [0, 0.1) is 5.92 Å². The molecule has 9 heteroatoms. The van der Waals surface area contributed by atoms with Crippen LogP contribution in [0.4, 0.5) is 5.13 Å². The lowest BCUT2D eigenvalue weighted by molar-refractivity contribution is 0.208. The van der Waals surface area contributed by atoms with Gasteiger partial charge in [0.15, 0.2) is 15.0 Å². The SMILES string of the molecule is CS(=O)(=O)c1cccc2sc(N3CCC(COc4ncccn4)CC3)nc12. The zero-order valence-electron chi connectivity index (χ0n) is 14.9. The molecule has 1 aromatic carbocycles. The number of fused-ring (bicyclic) bond motifs is 1. The predicted molar refractivity (Wildman–Crippen MR) is 105 cm³/mol. The number of hydrogen-bond acceptors (Lipinski definition) is 8. The van der Waals surface area contributed by atoms with Gasteiger partial charge in [-0.25, -0.2) is 23.4 Å². The molecule has 0 N–H and O–H groups in total. The third-order valence-corrected chi connectivity index (χ3v) is 6.86. The Hall–Kier alpha value is -2.26. The first-order valence-electron chi connectivity index (χ1n) is 8.75. The second-order valence-corrected chi connectivity index (χ2v) is 9.64. The van der Waals surface area contributed by atoms with E-state index in [9.17, 15) is 8.42 Å². The van der Waals surface area contributed by atoms with Crippen molar-refractivity contribution in [2.24, 2.45) is 5.92 Å². The third kappa shape index (κ3) is 4.03. The van der Waals surface area contributed by atoms with Crippen LogP contribution in [0.15, 0.2) is 41.6 Å². The number of anilines is 1. The van der Waals surface area contributed by atoms with Crippen molar-refractivity contribution in [2.45, 2.75) is 17.7 Å². The summed E-state index contributed by atoms with van der Waals surface area (Å²) >= 11 is 1.54. The van der Waals surface area contributed by atoms with Crippen LogP contribution in [0.3, 0.4) is 0 Å². The van der Waals surface area contributed by atoms with Gasteiger partial charge in [-0.3, -0.25) is 0 Å². The van der Waals surface area contributed by atoms with Crippen LogP contribution in [0.1, 0.15) is 12.8 Å². The van der Waals surface area contributed by atoms with Crippen molar-refractivity contribution in [3.8, 4) is 6.01 Å². The third-order valence-electron chi connectivity index (χ3n) is 4.65. The highest BCUT2D eigenvalue weighted by atomic mass is 32.2. The molecule has 1 saturated heterocycles. The number of hydrogen-bond donors (Lipinski definition) is 0. The zero-order valence-corrected chi connectivity index (χ0v) is 16.5. The summed E-state index contributed by atoms with van der Waals surface area (Å²) in [6.07, 6.45) is 6.54. The Kier molecular flexibility index (Phi) is 4.96. The molecule has 142 valence electrons. The maximum absolute atomic E-state index is 12.0. The van der Waals surface area contributed by atoms with Crippen LogP contribution in [-0.4, -0.2) is 49.3 Å². The number of benzene rings is 1. The van der Waals surface area contributed by atoms with E-state index in [2.05, 4.69) is 19.9 Å². The Bertz CT molecular complexity index is 1030. The average molecular weight is 405 g/mol. The van der Waals surface area contributed by atoms with Crippen molar-refractivity contribution in [2.75, 3.05) is 30.9 Å². The van der Waals surface area contributed by atoms with Crippen molar-refractivity contribution < 1.29 is 13.2 Å². The molecule has 3 aromatic rings. The summed E-state index contributed by atoms with van der Waals surface area (Å²) in [5, 5.41) is 0.881. The number of nitrogens with zero attached hydrogens (tertiary/aromatic N) is 4. The molecule has 0 atom stereocenters. The molecule has 0 saturated carbocycles. The summed E-state index contributed by atoms with van der Waals surface area (Å²) in [5.74, 6) is 0.450. The van der Waals surface area contributed by atoms with E-state index in [0.29, 0.717) is 28.9 Å². The first kappa shape index (κ1) is 18.1. The molecule has 0 radical (unpaired) electrons. The van der Waals surface area contributed by atoms with E-state index in [4.69, 9.17) is 4.74 Å². The summed E-state index contributed by atoms with van der Waals surface area (Å²) in [7, 11) is -3.29. The van der Waals surface area contributed by atoms with Crippen LogP contribution >= 0.6 is 11.3 Å². The van der Waals surface area contributed by atoms with Gasteiger partial charge in [-0.15, -0.1) is 0 Å². The molecule has 1 aliphatic heterocycles. The van der Waals surface area contributed by atoms with Gasteiger partial charge in [0.25, 0.3) is 0 Å². The van der Waals surface area contributed by atoms with E-state index in [1.807, 2.05) is 6.07 Å². The molecule has 4 rings (SSSR count). The van der Waals surface area contributed by atoms with Crippen LogP contribution in [0.25, 0.3) is 10.2 Å². The Balaban J connectivity index is 1.42. The van der Waals surface area contributed by atoms with E-state index in [0.717, 1.165) is 35.8 Å². The molecule has 2 aromatic heterocycles. The van der Waals surface area contributed by atoms with Crippen molar-refractivity contribution in [3.05, 3.63) is 36.7 Å². The molecule has 0 spiro atoms. The second kappa shape index (κ2) is 7.40. The van der Waals surface area contributed by atoms with Gasteiger partial charge in [-0.2, -0.15) is 0 Å². The van der Waals surface area contributed by atoms with Crippen LogP contribution in [-0.2, 0) is 9.84 Å². The lowest BCUT2D eigenvalue weighted by Gasteiger charge is -2.31. The minimum atomic E-state index is -3.29. The molecular weight excluding hydrogens is 384 g/mol. The Morgan fingerprint density at radius 2 is 1.93 bits per heavy atom. The number of sulfone groups is 1. The van der Waals surface area contributed by atoms with Crippen molar-refractivity contribution in [1.29, 1.82) is 0 Å². The number of ether oxygens (including phenoxy) is 1. The highest BCUT2D eigenvalue weighted by molar-refractivity contribution is 7.91. The summed E-state index contributed by atoms with van der Waals surface area (Å²) in [6, 6.07) is 7.50. The monoisotopic (exact) mass is 404 g/mol. The number of piperidine rings is 1. The first-order valence-corrected chi connectivity index (χ1v) is 11.5. The zero-order chi connectivity index (χ0) is 18.9. The fraction of sp³-hybridized carbons (Fsp3) is 0.389. The van der Waals surface area contributed by atoms with Crippen LogP contribution in [0.2, 0.25) is 0 Å². The van der Waals surface area contributed by atoms with Crippen molar-refractivity contribution in [1.82, 2.24) is 15.0 Å². The summed E-state index contributed by atoms with van der Waals surface area (Å²) in [6.45, 7) is 2.35. The molecule has 1 fully saturated rings. The largest absolute Gasteiger partial charge is 0.463 e. The summed E-state index contributed by atoms with van der Waals surface area (Å²) < 4.78 is 30.6. The van der Waals surface area contributed by atoms with Crippen molar-refractivity contribution >= 4 is 36.5 Å². The number of aromatic nitrogens is 3. The Morgan fingerprint density at radius 1 is 1.19 bits per heavy atom. The molecule has 27 heavy (non-hydrogen) atoms. The van der Waals surface area contributed by atoms with Crippen LogP contribution < -0.4 is 9.64 Å². The molecule has 0 bridgehead atoms. The normalized spacial score (nSPS) is 16.0. The van der Waals surface area contributed by atoms with E-state index in [1.165, 1.54) is 6.26 Å². The highest BCUT2D eigenvalue weighted by Gasteiger charge is 2.23. The number of rotatable bonds is 5. The van der Waals surface area contributed by atoms with Gasteiger partial charge in [-0.05, 0) is 37.0 Å². The molecule has 0 unspecified atom stereocenters. The van der Waals surface area contributed by atoms with E-state index in [-0.39, 0.29) is 0 Å². The summed E-state index contributed by atoms with van der Waals surface area (Å²) in [5.41, 5.74) is 0.576. The molecule has 0 amide bonds. The van der Waals surface area contributed by atoms with Gasteiger partial charge < -0.3 is 9.64 Å². The lowest BCUT2D eigenvalue weighted by Crippen LogP contribution is -2.35. The van der Waals surface area contributed by atoms with E-state index < -0.39 is 9.84 Å². The number of para-hydroxylation sites is 1. The maximum Gasteiger partial charge on any atom is 0.316 e. The van der Waals surface area contributed by atoms with Gasteiger partial charge in [0.2, 0.25) is 0 Å². The second-order valence-electron chi connectivity index (χ2n) is 6.64. The highest BCUT2D eigenvalue weighted by Crippen LogP contribution is 2.34. The van der Waals surface area contributed by atoms with Gasteiger partial charge >= 0.3 is 6.01 Å². The standard InChI is InChI=1S/C18H20N4O3S2/c1-27(23,24)15-5-2-4-14-16(15)21-18(26-14)22-10-6-13(7-11-22)12-25-17-19-8-3-9-20-17/h2-5,8-9,13H,6-7,10-12H2,1H3. The van der Waals surface area contributed by atoms with Gasteiger partial charge in [0.1, 0.15) is 5.52 Å². The lowest BCUT2D eigenvalue weighted by atomic mass is 9.98. The maximum atomic E-state index is 12.0. The average Bonchev–Trinajstić information content (AvgIpc) is 3.11. The van der Waals surface area contributed by atoms with E-state index >= 15 is 0 Å². The Morgan fingerprint density at radius 3 is 2.63 bits per heavy atom. The van der Waals surface area contributed by atoms with Crippen molar-refractivity contribution in [3.63, 3.8) is 0 Å². The quantitative estimate of drug-likeness (QED) is 0.646. The summed E-state index contributed by atoms with van der Waals surface area (Å²) in [4.78, 5) is 15.3. The van der Waals surface area contributed by atoms with Gasteiger partial charge in [-0.1, -0.05) is 17.4 Å². The number of thiazole rings is 1. The molecule has 7 nitrogen and oxygen atoms in total. The minimum Gasteiger partial charge on any atom is -0.463 e. The Labute approximate surface area is 162 Å². The van der Waals surface area contributed by atoms with Crippen LogP contribution in [0.5, 0.6) is 6.01 Å². The molecule has 1 aliphatic rings. The minimum absolute atomic E-state index is 0.300. The fourth-order valence-corrected chi connectivity index (χ4v) is 5.13. The molecular formula is C18H20N4O3S2. The fourth-order valence-electron chi connectivity index (χ4n) is 3.19. The predicted octanol–water partition coefficient (Wildman–Crippen LogP) is 2.79.